The molecular formula is C23H23ClN8O4. The fraction of sp³-hybridized carbons (Fsp3) is 0.304. The molecule has 0 aromatic carbocycles. The first-order chi connectivity index (χ1) is 17.4. The molecular weight excluding hydrogens is 488 g/mol. The second kappa shape index (κ2) is 9.74. The van der Waals surface area contributed by atoms with Gasteiger partial charge < -0.3 is 25.6 Å². The summed E-state index contributed by atoms with van der Waals surface area (Å²) in [6.07, 6.45) is -0.706. The van der Waals surface area contributed by atoms with E-state index < -0.39 is 30.4 Å². The predicted molar refractivity (Wildman–Crippen MR) is 130 cm³/mol. The van der Waals surface area contributed by atoms with Crippen LogP contribution >= 0.6 is 11.6 Å². The van der Waals surface area contributed by atoms with E-state index in [1.165, 1.54) is 24.1 Å². The molecule has 0 spiro atoms. The number of aliphatic hydroxyl groups excluding tert-OH is 2. The van der Waals surface area contributed by atoms with Crippen molar-refractivity contribution < 1.29 is 19.7 Å². The first-order valence-electron chi connectivity index (χ1n) is 11.1. The van der Waals surface area contributed by atoms with Crippen LogP contribution in [0.2, 0.25) is 5.02 Å². The number of ether oxygens (including phenoxy) is 1. The Hall–Kier alpha value is -3.71. The van der Waals surface area contributed by atoms with E-state index in [-0.39, 0.29) is 0 Å². The van der Waals surface area contributed by atoms with Gasteiger partial charge in [0.2, 0.25) is 0 Å². The van der Waals surface area contributed by atoms with Crippen molar-refractivity contribution in [3.8, 4) is 11.4 Å². The third-order valence-corrected chi connectivity index (χ3v) is 5.99. The van der Waals surface area contributed by atoms with Gasteiger partial charge in [-0.1, -0.05) is 17.7 Å². The van der Waals surface area contributed by atoms with Crippen LogP contribution in [0.4, 0.5) is 5.82 Å². The molecule has 4 aromatic heterocycles. The topological polar surface area (TPSA) is 160 Å². The number of rotatable bonds is 6. The van der Waals surface area contributed by atoms with E-state index in [1.54, 1.807) is 12.3 Å². The van der Waals surface area contributed by atoms with E-state index in [0.29, 0.717) is 39.9 Å². The highest BCUT2D eigenvalue weighted by atomic mass is 35.5. The summed E-state index contributed by atoms with van der Waals surface area (Å²) in [7, 11) is 1.42. The number of imidazole rings is 1. The quantitative estimate of drug-likeness (QED) is 0.297. The fourth-order valence-electron chi connectivity index (χ4n) is 4.01. The van der Waals surface area contributed by atoms with E-state index >= 15 is 0 Å². The van der Waals surface area contributed by atoms with Crippen LogP contribution in [-0.4, -0.2) is 71.0 Å². The normalized spacial score (nSPS) is 21.6. The van der Waals surface area contributed by atoms with Gasteiger partial charge in [-0.2, -0.15) is 0 Å². The largest absolute Gasteiger partial charge is 0.387 e. The Balaban J connectivity index is 1.58. The van der Waals surface area contributed by atoms with Gasteiger partial charge in [-0.15, -0.1) is 0 Å². The number of amides is 1. The number of carbonyl (C=O) groups is 1. The Kier molecular flexibility index (Phi) is 6.49. The minimum Gasteiger partial charge on any atom is -0.387 e. The molecule has 1 aliphatic rings. The number of nitrogens with zero attached hydrogens (tertiary/aromatic N) is 6. The van der Waals surface area contributed by atoms with Gasteiger partial charge in [0.1, 0.15) is 12.2 Å². The lowest BCUT2D eigenvalue weighted by Gasteiger charge is -2.17. The fourth-order valence-corrected chi connectivity index (χ4v) is 4.18. The average molecular weight is 511 g/mol. The van der Waals surface area contributed by atoms with Crippen LogP contribution in [0.5, 0.6) is 0 Å². The van der Waals surface area contributed by atoms with Crippen molar-refractivity contribution in [2.75, 3.05) is 12.4 Å². The second-order valence-corrected chi connectivity index (χ2v) is 8.71. The Bertz CT molecular complexity index is 1430. The smallest absolute Gasteiger partial charge is 0.251 e. The minimum atomic E-state index is -1.43. The average Bonchev–Trinajstić information content (AvgIpc) is 3.43. The van der Waals surface area contributed by atoms with Crippen molar-refractivity contribution in [1.29, 1.82) is 0 Å². The van der Waals surface area contributed by atoms with Crippen molar-refractivity contribution in [2.45, 2.75) is 38.0 Å². The van der Waals surface area contributed by atoms with Crippen LogP contribution in [0.3, 0.4) is 0 Å². The third kappa shape index (κ3) is 4.46. The number of hydrogen-bond acceptors (Lipinski definition) is 10. The van der Waals surface area contributed by atoms with Gasteiger partial charge >= 0.3 is 0 Å². The summed E-state index contributed by atoms with van der Waals surface area (Å²) >= 11 is 6.14. The van der Waals surface area contributed by atoms with Crippen molar-refractivity contribution in [1.82, 2.24) is 34.8 Å². The van der Waals surface area contributed by atoms with Crippen molar-refractivity contribution in [3.63, 3.8) is 0 Å². The van der Waals surface area contributed by atoms with Gasteiger partial charge in [-0.3, -0.25) is 19.3 Å². The Morgan fingerprint density at radius 1 is 1.19 bits per heavy atom. The molecule has 1 saturated heterocycles. The SMILES string of the molecule is CNC(=O)C1OC(n2cnc3c(NCc4cccc(C)n4)nc(-c4cncc(Cl)c4)nc32)C(O)C1O. The second-order valence-electron chi connectivity index (χ2n) is 8.28. The standard InChI is InChI=1S/C23H23ClN8O4/c1-11-4-3-5-14(29-11)9-27-20-15-21(31-19(30-20)12-6-13(24)8-26-7-12)32(10-28-15)23-17(34)16(33)18(36-23)22(35)25-2/h3-8,10,16-18,23,33-34H,9H2,1-2H3,(H,25,35)(H,27,30,31). The molecule has 0 saturated carbocycles. The molecule has 4 aromatic rings. The monoisotopic (exact) mass is 510 g/mol. The molecule has 186 valence electrons. The van der Waals surface area contributed by atoms with Crippen molar-refractivity contribution in [2.24, 2.45) is 0 Å². The zero-order chi connectivity index (χ0) is 25.4. The molecule has 4 N–H and O–H groups in total. The molecule has 4 atom stereocenters. The number of nitrogens with one attached hydrogen (secondary N) is 2. The zero-order valence-corrected chi connectivity index (χ0v) is 20.1. The van der Waals surface area contributed by atoms with Gasteiger partial charge in [0.05, 0.1) is 23.6 Å². The maximum absolute atomic E-state index is 12.1. The third-order valence-electron chi connectivity index (χ3n) is 5.78. The summed E-state index contributed by atoms with van der Waals surface area (Å²) in [5.74, 6) is 0.157. The number of halogens is 1. The van der Waals surface area contributed by atoms with Crippen molar-refractivity contribution >= 4 is 34.5 Å². The van der Waals surface area contributed by atoms with E-state index in [0.717, 1.165) is 11.4 Å². The van der Waals surface area contributed by atoms with E-state index in [9.17, 15) is 15.0 Å². The molecule has 36 heavy (non-hydrogen) atoms. The van der Waals surface area contributed by atoms with Crippen LogP contribution < -0.4 is 10.6 Å². The lowest BCUT2D eigenvalue weighted by molar-refractivity contribution is -0.137. The lowest BCUT2D eigenvalue weighted by Crippen LogP contribution is -2.41. The lowest BCUT2D eigenvalue weighted by atomic mass is 10.1. The molecule has 0 radical (unpaired) electrons. The van der Waals surface area contributed by atoms with Crippen LogP contribution in [0.15, 0.2) is 43.0 Å². The van der Waals surface area contributed by atoms with E-state index in [1.807, 2.05) is 25.1 Å². The first-order valence-corrected chi connectivity index (χ1v) is 11.5. The molecule has 1 aliphatic heterocycles. The molecule has 1 amide bonds. The van der Waals surface area contributed by atoms with E-state index in [4.69, 9.17) is 16.3 Å². The highest BCUT2D eigenvalue weighted by Gasteiger charge is 2.47. The summed E-state index contributed by atoms with van der Waals surface area (Å²) in [6, 6.07) is 7.39. The molecule has 13 heteroatoms. The summed E-state index contributed by atoms with van der Waals surface area (Å²) < 4.78 is 7.19. The van der Waals surface area contributed by atoms with Gasteiger partial charge in [0, 0.05) is 30.7 Å². The molecule has 5 rings (SSSR count). The molecule has 0 bridgehead atoms. The number of anilines is 1. The number of aromatic nitrogens is 6. The predicted octanol–water partition coefficient (Wildman–Crippen LogP) is 1.22. The first kappa shape index (κ1) is 24.0. The van der Waals surface area contributed by atoms with Crippen molar-refractivity contribution in [3.05, 3.63) is 59.4 Å². The number of carbonyl (C=O) groups excluding carboxylic acids is 1. The highest BCUT2D eigenvalue weighted by molar-refractivity contribution is 6.30. The maximum atomic E-state index is 12.1. The van der Waals surface area contributed by atoms with Crippen LogP contribution in [0.25, 0.3) is 22.6 Å². The Labute approximate surface area is 210 Å². The number of aliphatic hydroxyl groups is 2. The van der Waals surface area contributed by atoms with Crippen LogP contribution in [-0.2, 0) is 16.1 Å². The van der Waals surface area contributed by atoms with Gasteiger partial charge in [0.15, 0.2) is 35.1 Å². The number of aryl methyl sites for hydroxylation is 1. The molecule has 4 unspecified atom stereocenters. The highest BCUT2D eigenvalue weighted by Crippen LogP contribution is 2.33. The molecule has 5 heterocycles. The number of pyridine rings is 2. The summed E-state index contributed by atoms with van der Waals surface area (Å²) in [5, 5.41) is 27.2. The molecule has 1 fully saturated rings. The summed E-state index contributed by atoms with van der Waals surface area (Å²) in [4.78, 5) is 34.4. The van der Waals surface area contributed by atoms with Gasteiger partial charge in [-0.25, -0.2) is 15.0 Å². The zero-order valence-electron chi connectivity index (χ0n) is 19.3. The summed E-state index contributed by atoms with van der Waals surface area (Å²) in [6.45, 7) is 2.28. The summed E-state index contributed by atoms with van der Waals surface area (Å²) in [5.41, 5.74) is 2.96. The Morgan fingerprint density at radius 2 is 2.03 bits per heavy atom. The molecule has 0 aliphatic carbocycles. The number of likely N-dealkylation sites (N-methyl/N-ethyl adjacent to an activating group) is 1. The van der Waals surface area contributed by atoms with Crippen LogP contribution in [0.1, 0.15) is 17.6 Å². The molecule has 12 nitrogen and oxygen atoms in total. The number of hydrogen-bond donors (Lipinski definition) is 4. The minimum absolute atomic E-state index is 0.301. The number of fused-ring (bicyclic) bond motifs is 1. The van der Waals surface area contributed by atoms with Gasteiger partial charge in [-0.05, 0) is 25.1 Å². The van der Waals surface area contributed by atoms with Crippen LogP contribution in [0, 0.1) is 6.92 Å². The van der Waals surface area contributed by atoms with E-state index in [2.05, 4.69) is 35.6 Å². The van der Waals surface area contributed by atoms with Gasteiger partial charge in [0.25, 0.3) is 5.91 Å². The maximum Gasteiger partial charge on any atom is 0.251 e. The Morgan fingerprint density at radius 3 is 2.78 bits per heavy atom.